The van der Waals surface area contributed by atoms with Crippen LogP contribution in [0.25, 0.3) is 0 Å². The van der Waals surface area contributed by atoms with E-state index in [-0.39, 0.29) is 29.4 Å². The summed E-state index contributed by atoms with van der Waals surface area (Å²) in [6, 6.07) is 5.42. The number of rotatable bonds is 10. The standard InChI is InChI=1S/C23H32F3N5O4S2/c1-14(2)13-31(17-7-9-30(10-8-17)37(4,34)35)19-6-5-16(15(3)11-20(32)33)12-18(19)27-22-28-21(29-36-22)23(24,25)26/h5-6,12,14-15,17H,7-11,13H2,1-4H3,(H,32,33)(H,27,28,29)/t15-/m1/s1. The Hall–Kier alpha value is -2.45. The Morgan fingerprint density at radius 3 is 2.43 bits per heavy atom. The lowest BCUT2D eigenvalue weighted by atomic mass is 9.95. The van der Waals surface area contributed by atoms with Crippen molar-refractivity contribution in [3.63, 3.8) is 0 Å². The Balaban J connectivity index is 2.00. The van der Waals surface area contributed by atoms with E-state index in [9.17, 15) is 31.5 Å². The molecule has 1 aliphatic heterocycles. The van der Waals surface area contributed by atoms with Gasteiger partial charge in [-0.25, -0.2) is 12.7 Å². The number of halogens is 3. The normalized spacial score (nSPS) is 16.6. The number of carboxylic acid groups (broad SMARTS) is 1. The Kier molecular flexibility index (Phi) is 9.06. The quantitative estimate of drug-likeness (QED) is 0.425. The summed E-state index contributed by atoms with van der Waals surface area (Å²) in [6.45, 7) is 7.25. The molecule has 1 fully saturated rings. The van der Waals surface area contributed by atoms with E-state index in [0.717, 1.165) is 5.69 Å². The first-order valence-electron chi connectivity index (χ1n) is 11.9. The highest BCUT2D eigenvalue weighted by molar-refractivity contribution is 7.88. The fraction of sp³-hybridized carbons (Fsp3) is 0.609. The fourth-order valence-electron chi connectivity index (χ4n) is 4.42. The monoisotopic (exact) mass is 563 g/mol. The molecule has 1 aromatic heterocycles. The molecule has 2 N–H and O–H groups in total. The van der Waals surface area contributed by atoms with Gasteiger partial charge < -0.3 is 15.3 Å². The zero-order valence-electron chi connectivity index (χ0n) is 21.1. The lowest BCUT2D eigenvalue weighted by molar-refractivity contribution is -0.144. The van der Waals surface area contributed by atoms with Gasteiger partial charge in [-0.15, -0.1) is 0 Å². The number of hydrogen-bond donors (Lipinski definition) is 2. The molecule has 0 spiro atoms. The van der Waals surface area contributed by atoms with Crippen molar-refractivity contribution < 1.29 is 31.5 Å². The molecule has 0 bridgehead atoms. The van der Waals surface area contributed by atoms with Crippen LogP contribution in [0.4, 0.5) is 29.7 Å². The second-order valence-electron chi connectivity index (χ2n) is 9.76. The smallest absolute Gasteiger partial charge is 0.452 e. The fourth-order valence-corrected chi connectivity index (χ4v) is 5.89. The molecule has 0 unspecified atom stereocenters. The number of nitrogens with zero attached hydrogens (tertiary/aromatic N) is 4. The molecule has 3 rings (SSSR count). The van der Waals surface area contributed by atoms with Crippen molar-refractivity contribution in [2.45, 2.75) is 58.2 Å². The number of aromatic nitrogens is 2. The minimum Gasteiger partial charge on any atom is -0.481 e. The summed E-state index contributed by atoms with van der Waals surface area (Å²) in [7, 11) is -3.30. The summed E-state index contributed by atoms with van der Waals surface area (Å²) >= 11 is 0.591. The van der Waals surface area contributed by atoms with Crippen molar-refractivity contribution in [2.75, 3.05) is 36.1 Å². The predicted molar refractivity (Wildman–Crippen MR) is 137 cm³/mol. The molecule has 0 saturated carbocycles. The second kappa shape index (κ2) is 11.5. The number of alkyl halides is 3. The van der Waals surface area contributed by atoms with Crippen LogP contribution in [0.3, 0.4) is 0 Å². The Morgan fingerprint density at radius 1 is 1.27 bits per heavy atom. The van der Waals surface area contributed by atoms with Gasteiger partial charge in [-0.1, -0.05) is 26.8 Å². The molecule has 0 amide bonds. The summed E-state index contributed by atoms with van der Waals surface area (Å²) in [4.78, 5) is 17.0. The molecule has 2 aromatic rings. The number of nitrogens with one attached hydrogen (secondary N) is 1. The number of anilines is 3. The number of carbonyl (C=O) groups is 1. The summed E-state index contributed by atoms with van der Waals surface area (Å²) < 4.78 is 68.1. The third-order valence-electron chi connectivity index (χ3n) is 6.20. The number of hydrogen-bond acceptors (Lipinski definition) is 8. The molecular formula is C23H32F3N5O4S2. The maximum absolute atomic E-state index is 13.1. The van der Waals surface area contributed by atoms with E-state index < -0.39 is 28.0 Å². The van der Waals surface area contributed by atoms with E-state index in [1.807, 2.05) is 12.1 Å². The molecule has 206 valence electrons. The van der Waals surface area contributed by atoms with Crippen molar-refractivity contribution in [1.29, 1.82) is 0 Å². The third-order valence-corrected chi connectivity index (χ3v) is 8.13. The average molecular weight is 564 g/mol. The zero-order valence-corrected chi connectivity index (χ0v) is 22.8. The molecule has 1 saturated heterocycles. The van der Waals surface area contributed by atoms with Gasteiger partial charge in [-0.05, 0) is 42.4 Å². The lowest BCUT2D eigenvalue weighted by Crippen LogP contribution is -2.47. The van der Waals surface area contributed by atoms with E-state index in [1.165, 1.54) is 10.6 Å². The van der Waals surface area contributed by atoms with Gasteiger partial charge in [0.15, 0.2) is 0 Å². The van der Waals surface area contributed by atoms with Crippen LogP contribution in [0.1, 0.15) is 57.3 Å². The first kappa shape index (κ1) is 29.1. The van der Waals surface area contributed by atoms with E-state index in [1.54, 1.807) is 13.0 Å². The first-order chi connectivity index (χ1) is 17.1. The summed E-state index contributed by atoms with van der Waals surface area (Å²) in [6.07, 6.45) is -2.40. The maximum atomic E-state index is 13.1. The minimum atomic E-state index is -4.67. The SMILES string of the molecule is CC(C)CN(c1ccc([C@H](C)CC(=O)O)cc1Nc1nc(C(F)(F)F)ns1)C1CCN(S(C)(=O)=O)CC1. The Labute approximate surface area is 218 Å². The molecule has 14 heteroatoms. The largest absolute Gasteiger partial charge is 0.481 e. The molecule has 1 aliphatic rings. The highest BCUT2D eigenvalue weighted by Gasteiger charge is 2.36. The van der Waals surface area contributed by atoms with Crippen molar-refractivity contribution >= 4 is 44.0 Å². The van der Waals surface area contributed by atoms with Crippen LogP contribution >= 0.6 is 11.5 Å². The van der Waals surface area contributed by atoms with E-state index in [2.05, 4.69) is 33.4 Å². The molecular weight excluding hydrogens is 531 g/mol. The number of aliphatic carboxylic acids is 1. The number of sulfonamides is 1. The average Bonchev–Trinajstić information content (AvgIpc) is 3.26. The van der Waals surface area contributed by atoms with Crippen LogP contribution in [-0.4, -0.2) is 65.1 Å². The summed E-state index contributed by atoms with van der Waals surface area (Å²) in [5.74, 6) is -2.28. The van der Waals surface area contributed by atoms with Crippen molar-refractivity contribution in [1.82, 2.24) is 13.7 Å². The molecule has 0 radical (unpaired) electrons. The number of carboxylic acids is 1. The lowest BCUT2D eigenvalue weighted by Gasteiger charge is -2.40. The Bertz CT molecular complexity index is 1200. The van der Waals surface area contributed by atoms with Crippen LogP contribution in [-0.2, 0) is 21.0 Å². The highest BCUT2D eigenvalue weighted by atomic mass is 32.2. The molecule has 1 aromatic carbocycles. The third kappa shape index (κ3) is 7.77. The predicted octanol–water partition coefficient (Wildman–Crippen LogP) is 4.77. The number of piperidine rings is 1. The van der Waals surface area contributed by atoms with Crippen LogP contribution in [0, 0.1) is 5.92 Å². The van der Waals surface area contributed by atoms with E-state index in [0.29, 0.717) is 55.3 Å². The van der Waals surface area contributed by atoms with Crippen LogP contribution in [0.5, 0.6) is 0 Å². The molecule has 0 aliphatic carbocycles. The van der Waals surface area contributed by atoms with Gasteiger partial charge in [0.25, 0.3) is 0 Å². The van der Waals surface area contributed by atoms with E-state index in [4.69, 9.17) is 0 Å². The van der Waals surface area contributed by atoms with E-state index >= 15 is 0 Å². The van der Waals surface area contributed by atoms with Gasteiger partial charge >= 0.3 is 12.1 Å². The van der Waals surface area contributed by atoms with Gasteiger partial charge in [0.2, 0.25) is 21.0 Å². The first-order valence-corrected chi connectivity index (χ1v) is 14.5. The zero-order chi connectivity index (χ0) is 27.5. The number of benzene rings is 1. The minimum absolute atomic E-state index is 0.00315. The summed E-state index contributed by atoms with van der Waals surface area (Å²) in [5, 5.41) is 12.2. The Morgan fingerprint density at radius 2 is 1.92 bits per heavy atom. The van der Waals surface area contributed by atoms with Gasteiger partial charge in [0, 0.05) is 37.2 Å². The second-order valence-corrected chi connectivity index (χ2v) is 12.5. The topological polar surface area (TPSA) is 116 Å². The van der Waals surface area contributed by atoms with Crippen molar-refractivity contribution in [2.24, 2.45) is 5.92 Å². The molecule has 1 atom stereocenters. The highest BCUT2D eigenvalue weighted by Crippen LogP contribution is 2.37. The maximum Gasteiger partial charge on any atom is 0.452 e. The van der Waals surface area contributed by atoms with Crippen LogP contribution < -0.4 is 10.2 Å². The van der Waals surface area contributed by atoms with Crippen LogP contribution in [0.15, 0.2) is 18.2 Å². The van der Waals surface area contributed by atoms with Crippen molar-refractivity contribution in [3.8, 4) is 0 Å². The van der Waals surface area contributed by atoms with Gasteiger partial charge in [0.05, 0.1) is 24.1 Å². The van der Waals surface area contributed by atoms with Crippen molar-refractivity contribution in [3.05, 3.63) is 29.6 Å². The molecule has 2 heterocycles. The van der Waals surface area contributed by atoms with Gasteiger partial charge in [0.1, 0.15) is 0 Å². The summed E-state index contributed by atoms with van der Waals surface area (Å²) in [5.41, 5.74) is 1.93. The van der Waals surface area contributed by atoms with Gasteiger partial charge in [-0.2, -0.15) is 22.5 Å². The van der Waals surface area contributed by atoms with Gasteiger partial charge in [-0.3, -0.25) is 4.79 Å². The van der Waals surface area contributed by atoms with Crippen LogP contribution in [0.2, 0.25) is 0 Å². The molecule has 9 nitrogen and oxygen atoms in total. The molecule has 37 heavy (non-hydrogen) atoms.